The molecule has 116 valence electrons. The normalized spacial score (nSPS) is 16.2. The fraction of sp³-hybridized carbons (Fsp3) is 0.111. The molecule has 0 bridgehead atoms. The van der Waals surface area contributed by atoms with Gasteiger partial charge in [-0.1, -0.05) is 48.5 Å². The monoisotopic (exact) mass is 325 g/mol. The second kappa shape index (κ2) is 6.71. The van der Waals surface area contributed by atoms with E-state index in [1.807, 2.05) is 54.6 Å². The van der Waals surface area contributed by atoms with Gasteiger partial charge in [-0.15, -0.1) is 0 Å². The van der Waals surface area contributed by atoms with E-state index in [-0.39, 0.29) is 17.7 Å². The van der Waals surface area contributed by atoms with Crippen LogP contribution in [-0.4, -0.2) is 23.2 Å². The molecule has 2 aromatic rings. The molecular formula is C18H15NO3S. The van der Waals surface area contributed by atoms with Crippen LogP contribution >= 0.6 is 11.8 Å². The molecule has 0 N–H and O–H groups in total. The predicted molar refractivity (Wildman–Crippen MR) is 91.0 cm³/mol. The van der Waals surface area contributed by atoms with Crippen molar-refractivity contribution in [3.63, 3.8) is 0 Å². The van der Waals surface area contributed by atoms with Crippen molar-refractivity contribution in [2.45, 2.75) is 6.54 Å². The van der Waals surface area contributed by atoms with Gasteiger partial charge in [0.05, 0.1) is 18.6 Å². The van der Waals surface area contributed by atoms with Gasteiger partial charge in [0.25, 0.3) is 11.1 Å². The minimum absolute atomic E-state index is 0.250. The molecule has 2 amide bonds. The number of para-hydroxylation sites is 1. The van der Waals surface area contributed by atoms with Crippen LogP contribution in [0.1, 0.15) is 11.1 Å². The van der Waals surface area contributed by atoms with Crippen LogP contribution in [0.5, 0.6) is 5.75 Å². The Morgan fingerprint density at radius 2 is 1.74 bits per heavy atom. The zero-order valence-corrected chi connectivity index (χ0v) is 13.4. The number of imide groups is 1. The van der Waals surface area contributed by atoms with Crippen molar-refractivity contribution in [3.05, 3.63) is 70.6 Å². The van der Waals surface area contributed by atoms with E-state index in [1.54, 1.807) is 13.2 Å². The Bertz CT molecular complexity index is 771. The van der Waals surface area contributed by atoms with Crippen LogP contribution in [0.2, 0.25) is 0 Å². The summed E-state index contributed by atoms with van der Waals surface area (Å²) < 4.78 is 5.28. The van der Waals surface area contributed by atoms with Crippen molar-refractivity contribution in [3.8, 4) is 5.75 Å². The second-order valence-corrected chi connectivity index (χ2v) is 5.99. The lowest BCUT2D eigenvalue weighted by Crippen LogP contribution is -2.27. The predicted octanol–water partition coefficient (Wildman–Crippen LogP) is 3.93. The van der Waals surface area contributed by atoms with Crippen molar-refractivity contribution in [2.24, 2.45) is 0 Å². The van der Waals surface area contributed by atoms with E-state index in [1.165, 1.54) is 4.90 Å². The Hall–Kier alpha value is -2.53. The first-order chi connectivity index (χ1) is 11.2. The number of carbonyl (C=O) groups excluding carboxylic acids is 2. The third-order valence-corrected chi connectivity index (χ3v) is 4.39. The Labute approximate surface area is 138 Å². The third kappa shape index (κ3) is 3.29. The van der Waals surface area contributed by atoms with Gasteiger partial charge in [0.1, 0.15) is 5.75 Å². The van der Waals surface area contributed by atoms with Crippen molar-refractivity contribution < 1.29 is 14.3 Å². The van der Waals surface area contributed by atoms with Crippen molar-refractivity contribution in [1.82, 2.24) is 4.90 Å². The Morgan fingerprint density at radius 3 is 2.48 bits per heavy atom. The van der Waals surface area contributed by atoms with E-state index >= 15 is 0 Å². The molecule has 3 rings (SSSR count). The van der Waals surface area contributed by atoms with Crippen molar-refractivity contribution in [1.29, 1.82) is 0 Å². The summed E-state index contributed by atoms with van der Waals surface area (Å²) in [6.07, 6.45) is 1.70. The van der Waals surface area contributed by atoms with Gasteiger partial charge in [-0.3, -0.25) is 14.5 Å². The number of rotatable bonds is 4. The molecule has 1 fully saturated rings. The number of methoxy groups -OCH3 is 1. The van der Waals surface area contributed by atoms with E-state index < -0.39 is 0 Å². The van der Waals surface area contributed by atoms with Crippen LogP contribution in [0.15, 0.2) is 59.5 Å². The first kappa shape index (κ1) is 15.4. The molecule has 1 aliphatic rings. The maximum Gasteiger partial charge on any atom is 0.293 e. The molecule has 0 radical (unpaired) electrons. The molecule has 0 unspecified atom stereocenters. The van der Waals surface area contributed by atoms with Gasteiger partial charge in [-0.2, -0.15) is 0 Å². The van der Waals surface area contributed by atoms with Crippen LogP contribution in [0.3, 0.4) is 0 Å². The van der Waals surface area contributed by atoms with Gasteiger partial charge in [-0.25, -0.2) is 0 Å². The highest BCUT2D eigenvalue weighted by molar-refractivity contribution is 8.18. The molecule has 23 heavy (non-hydrogen) atoms. The number of hydrogen-bond acceptors (Lipinski definition) is 4. The average Bonchev–Trinajstić information content (AvgIpc) is 2.84. The molecule has 5 heteroatoms. The van der Waals surface area contributed by atoms with Gasteiger partial charge in [0.2, 0.25) is 0 Å². The molecule has 0 atom stereocenters. The third-order valence-electron chi connectivity index (χ3n) is 3.48. The summed E-state index contributed by atoms with van der Waals surface area (Å²) in [6.45, 7) is 0.286. The van der Waals surface area contributed by atoms with Gasteiger partial charge < -0.3 is 4.74 Å². The topological polar surface area (TPSA) is 46.6 Å². The maximum atomic E-state index is 12.5. The molecule has 0 spiro atoms. The van der Waals surface area contributed by atoms with Gasteiger partial charge in [0, 0.05) is 5.56 Å². The van der Waals surface area contributed by atoms with E-state index in [9.17, 15) is 9.59 Å². The van der Waals surface area contributed by atoms with Crippen molar-refractivity contribution in [2.75, 3.05) is 7.11 Å². The summed E-state index contributed by atoms with van der Waals surface area (Å²) in [4.78, 5) is 26.3. The molecule has 1 saturated heterocycles. The Balaban J connectivity index is 1.85. The first-order valence-corrected chi connectivity index (χ1v) is 7.93. The molecule has 0 saturated carbocycles. The van der Waals surface area contributed by atoms with Crippen LogP contribution < -0.4 is 4.74 Å². The maximum absolute atomic E-state index is 12.5. The molecule has 1 heterocycles. The second-order valence-electron chi connectivity index (χ2n) is 5.00. The molecule has 0 aromatic heterocycles. The summed E-state index contributed by atoms with van der Waals surface area (Å²) in [5, 5.41) is -0.250. The summed E-state index contributed by atoms with van der Waals surface area (Å²) in [6, 6.07) is 16.9. The molecular weight excluding hydrogens is 310 g/mol. The van der Waals surface area contributed by atoms with Crippen LogP contribution in [0.25, 0.3) is 6.08 Å². The summed E-state index contributed by atoms with van der Waals surface area (Å²) in [7, 11) is 1.58. The zero-order chi connectivity index (χ0) is 16.2. The van der Waals surface area contributed by atoms with E-state index in [0.717, 1.165) is 22.9 Å². The lowest BCUT2D eigenvalue weighted by molar-refractivity contribution is -0.123. The highest BCUT2D eigenvalue weighted by Gasteiger charge is 2.35. The Morgan fingerprint density at radius 1 is 1.04 bits per heavy atom. The Kier molecular flexibility index (Phi) is 4.48. The number of thioether (sulfide) groups is 1. The van der Waals surface area contributed by atoms with E-state index in [0.29, 0.717) is 10.7 Å². The summed E-state index contributed by atoms with van der Waals surface area (Å²) in [5.41, 5.74) is 1.70. The van der Waals surface area contributed by atoms with Crippen LogP contribution in [0, 0.1) is 0 Å². The van der Waals surface area contributed by atoms with Gasteiger partial charge in [-0.05, 0) is 29.5 Å². The zero-order valence-electron chi connectivity index (χ0n) is 12.6. The summed E-state index contributed by atoms with van der Waals surface area (Å²) in [5.74, 6) is 0.400. The van der Waals surface area contributed by atoms with Crippen molar-refractivity contribution >= 4 is 29.0 Å². The highest BCUT2D eigenvalue weighted by Crippen LogP contribution is 2.34. The number of ether oxygens (including phenoxy) is 1. The minimum atomic E-state index is -0.269. The fourth-order valence-electron chi connectivity index (χ4n) is 2.33. The fourth-order valence-corrected chi connectivity index (χ4v) is 3.16. The van der Waals surface area contributed by atoms with Crippen LogP contribution in [0.4, 0.5) is 4.79 Å². The SMILES string of the molecule is COc1ccccc1C=C1SC(=O)N(Cc2ccccc2)C1=O. The molecule has 1 aliphatic heterocycles. The average molecular weight is 325 g/mol. The largest absolute Gasteiger partial charge is 0.496 e. The number of nitrogens with zero attached hydrogens (tertiary/aromatic N) is 1. The number of benzene rings is 2. The number of amides is 2. The quantitative estimate of drug-likeness (QED) is 0.799. The molecule has 0 aliphatic carbocycles. The van der Waals surface area contributed by atoms with E-state index in [2.05, 4.69) is 0 Å². The lowest BCUT2D eigenvalue weighted by Gasteiger charge is -2.12. The summed E-state index contributed by atoms with van der Waals surface area (Å²) >= 11 is 0.958. The molecule has 2 aromatic carbocycles. The standard InChI is InChI=1S/C18H15NO3S/c1-22-15-10-6-5-9-14(15)11-16-17(20)19(18(21)23-16)12-13-7-3-2-4-8-13/h2-11H,12H2,1H3. The van der Waals surface area contributed by atoms with Gasteiger partial charge in [0.15, 0.2) is 0 Å². The van der Waals surface area contributed by atoms with Gasteiger partial charge >= 0.3 is 0 Å². The lowest BCUT2D eigenvalue weighted by atomic mass is 10.2. The van der Waals surface area contributed by atoms with E-state index in [4.69, 9.17) is 4.74 Å². The molecule has 4 nitrogen and oxygen atoms in total. The number of carbonyl (C=O) groups is 2. The smallest absolute Gasteiger partial charge is 0.293 e. The first-order valence-electron chi connectivity index (χ1n) is 7.11. The van der Waals surface area contributed by atoms with Crippen LogP contribution in [-0.2, 0) is 11.3 Å². The number of hydrogen-bond donors (Lipinski definition) is 0. The minimum Gasteiger partial charge on any atom is -0.496 e. The highest BCUT2D eigenvalue weighted by atomic mass is 32.2.